The first kappa shape index (κ1) is 21.0. The second-order valence-electron chi connectivity index (χ2n) is 7.95. The van der Waals surface area contributed by atoms with Crippen molar-refractivity contribution in [3.63, 3.8) is 0 Å². The molecule has 3 fully saturated rings. The van der Waals surface area contributed by atoms with Crippen LogP contribution in [0.5, 0.6) is 0 Å². The highest BCUT2D eigenvalue weighted by molar-refractivity contribution is 5.95. The van der Waals surface area contributed by atoms with Crippen molar-refractivity contribution in [2.24, 2.45) is 5.92 Å². The average Bonchev–Trinajstić information content (AvgIpc) is 3.00. The van der Waals surface area contributed by atoms with Gasteiger partial charge in [0.2, 0.25) is 5.91 Å². The van der Waals surface area contributed by atoms with Crippen molar-refractivity contribution in [3.05, 3.63) is 35.4 Å². The molecular formula is C20H26ClF2N3O2. The normalized spacial score (nSPS) is 26.7. The van der Waals surface area contributed by atoms with E-state index < -0.39 is 23.1 Å². The number of rotatable bonds is 3. The highest BCUT2D eigenvalue weighted by Crippen LogP contribution is 2.33. The van der Waals surface area contributed by atoms with Gasteiger partial charge in [-0.05, 0) is 43.7 Å². The SMILES string of the molecule is Cl.O=C(CC1CC2CCC(C1)N2)N1CCN(C(=O)c2c(F)cccc2F)CC1. The Morgan fingerprint density at radius 3 is 2.07 bits per heavy atom. The first-order valence-corrected chi connectivity index (χ1v) is 9.78. The molecule has 2 unspecified atom stereocenters. The van der Waals surface area contributed by atoms with Gasteiger partial charge in [-0.15, -0.1) is 12.4 Å². The maximum absolute atomic E-state index is 13.8. The van der Waals surface area contributed by atoms with Crippen LogP contribution in [0, 0.1) is 17.6 Å². The average molecular weight is 414 g/mol. The van der Waals surface area contributed by atoms with Gasteiger partial charge in [0.25, 0.3) is 5.91 Å². The first-order valence-electron chi connectivity index (χ1n) is 9.78. The fraction of sp³-hybridized carbons (Fsp3) is 0.600. The van der Waals surface area contributed by atoms with Crippen LogP contribution in [0.25, 0.3) is 0 Å². The summed E-state index contributed by atoms with van der Waals surface area (Å²) in [6.45, 7) is 1.43. The number of hydrogen-bond donors (Lipinski definition) is 1. The summed E-state index contributed by atoms with van der Waals surface area (Å²) in [5.74, 6) is -1.78. The molecule has 0 saturated carbocycles. The van der Waals surface area contributed by atoms with Crippen molar-refractivity contribution in [2.45, 2.75) is 44.2 Å². The largest absolute Gasteiger partial charge is 0.339 e. The minimum absolute atomic E-state index is 0. The number of benzene rings is 1. The first-order chi connectivity index (χ1) is 13.0. The van der Waals surface area contributed by atoms with E-state index in [9.17, 15) is 18.4 Å². The molecule has 3 heterocycles. The molecule has 0 spiro atoms. The Morgan fingerprint density at radius 1 is 0.964 bits per heavy atom. The lowest BCUT2D eigenvalue weighted by molar-refractivity contribution is -0.134. The van der Waals surface area contributed by atoms with Gasteiger partial charge in [0.15, 0.2) is 0 Å². The molecule has 1 N–H and O–H groups in total. The molecule has 2 bridgehead atoms. The van der Waals surface area contributed by atoms with Crippen LogP contribution in [0.15, 0.2) is 18.2 Å². The second kappa shape index (κ2) is 8.74. The summed E-state index contributed by atoms with van der Waals surface area (Å²) in [5, 5.41) is 3.59. The van der Waals surface area contributed by atoms with E-state index in [4.69, 9.17) is 0 Å². The van der Waals surface area contributed by atoms with Crippen LogP contribution in [0.1, 0.15) is 42.5 Å². The van der Waals surface area contributed by atoms with E-state index in [2.05, 4.69) is 5.32 Å². The molecule has 3 aliphatic rings. The number of carbonyl (C=O) groups excluding carboxylic acids is 2. The Morgan fingerprint density at radius 2 is 1.50 bits per heavy atom. The third-order valence-electron chi connectivity index (χ3n) is 6.13. The van der Waals surface area contributed by atoms with Crippen molar-refractivity contribution in [2.75, 3.05) is 26.2 Å². The number of piperazine rings is 1. The third-order valence-corrected chi connectivity index (χ3v) is 6.13. The number of amides is 2. The van der Waals surface area contributed by atoms with Crippen LogP contribution >= 0.6 is 12.4 Å². The van der Waals surface area contributed by atoms with Crippen molar-refractivity contribution in [3.8, 4) is 0 Å². The molecule has 0 aromatic heterocycles. The number of piperidine rings is 1. The third kappa shape index (κ3) is 4.30. The summed E-state index contributed by atoms with van der Waals surface area (Å²) in [6.07, 6.45) is 5.11. The number of nitrogens with one attached hydrogen (secondary N) is 1. The molecule has 0 radical (unpaired) electrons. The van der Waals surface area contributed by atoms with Crippen LogP contribution in [0.2, 0.25) is 0 Å². The molecule has 28 heavy (non-hydrogen) atoms. The van der Waals surface area contributed by atoms with E-state index >= 15 is 0 Å². The van der Waals surface area contributed by atoms with Gasteiger partial charge in [0, 0.05) is 44.7 Å². The molecular weight excluding hydrogens is 388 g/mol. The quantitative estimate of drug-likeness (QED) is 0.828. The van der Waals surface area contributed by atoms with Crippen LogP contribution in [-0.4, -0.2) is 59.9 Å². The summed E-state index contributed by atoms with van der Waals surface area (Å²) < 4.78 is 27.7. The maximum atomic E-state index is 13.8. The van der Waals surface area contributed by atoms with Crippen molar-refractivity contribution >= 4 is 24.2 Å². The van der Waals surface area contributed by atoms with Gasteiger partial charge in [-0.3, -0.25) is 9.59 Å². The van der Waals surface area contributed by atoms with Gasteiger partial charge < -0.3 is 15.1 Å². The molecule has 154 valence electrons. The maximum Gasteiger partial charge on any atom is 0.259 e. The molecule has 5 nitrogen and oxygen atoms in total. The zero-order valence-electron chi connectivity index (χ0n) is 15.7. The summed E-state index contributed by atoms with van der Waals surface area (Å²) in [5.41, 5.74) is -0.512. The van der Waals surface area contributed by atoms with Crippen molar-refractivity contribution in [1.29, 1.82) is 0 Å². The van der Waals surface area contributed by atoms with E-state index in [1.165, 1.54) is 23.8 Å². The van der Waals surface area contributed by atoms with Crippen molar-refractivity contribution < 1.29 is 18.4 Å². The fourth-order valence-corrected chi connectivity index (χ4v) is 4.74. The highest BCUT2D eigenvalue weighted by Gasteiger charge is 2.35. The topological polar surface area (TPSA) is 52.7 Å². The zero-order valence-corrected chi connectivity index (χ0v) is 16.5. The second-order valence-corrected chi connectivity index (χ2v) is 7.95. The molecule has 2 atom stereocenters. The lowest BCUT2D eigenvalue weighted by Gasteiger charge is -2.36. The molecule has 1 aromatic carbocycles. The summed E-state index contributed by atoms with van der Waals surface area (Å²) in [7, 11) is 0. The Kier molecular flexibility index (Phi) is 6.55. The van der Waals surface area contributed by atoms with Gasteiger partial charge in [-0.1, -0.05) is 6.07 Å². The number of carbonyl (C=O) groups is 2. The predicted octanol–water partition coefficient (Wildman–Crippen LogP) is 2.59. The number of hydrogen-bond acceptors (Lipinski definition) is 3. The number of nitrogens with zero attached hydrogens (tertiary/aromatic N) is 2. The van der Waals surface area contributed by atoms with Crippen molar-refractivity contribution in [1.82, 2.24) is 15.1 Å². The van der Waals surface area contributed by atoms with Gasteiger partial charge in [0.05, 0.1) is 0 Å². The van der Waals surface area contributed by atoms with E-state index in [1.807, 2.05) is 0 Å². The predicted molar refractivity (Wildman–Crippen MR) is 103 cm³/mol. The van der Waals surface area contributed by atoms with E-state index in [-0.39, 0.29) is 18.3 Å². The van der Waals surface area contributed by atoms with E-state index in [0.717, 1.165) is 25.0 Å². The Labute approximate surface area is 169 Å². The van der Waals surface area contributed by atoms with E-state index in [1.54, 1.807) is 4.90 Å². The minimum atomic E-state index is -0.848. The molecule has 8 heteroatoms. The molecule has 2 amide bonds. The lowest BCUT2D eigenvalue weighted by atomic mass is 9.89. The fourth-order valence-electron chi connectivity index (χ4n) is 4.74. The smallest absolute Gasteiger partial charge is 0.259 e. The van der Waals surface area contributed by atoms with Crippen LogP contribution in [0.3, 0.4) is 0 Å². The molecule has 3 saturated heterocycles. The number of fused-ring (bicyclic) bond motifs is 2. The van der Waals surface area contributed by atoms with Gasteiger partial charge in [0.1, 0.15) is 17.2 Å². The molecule has 0 aliphatic carbocycles. The van der Waals surface area contributed by atoms with Crippen LogP contribution in [0.4, 0.5) is 8.78 Å². The minimum Gasteiger partial charge on any atom is -0.339 e. The lowest BCUT2D eigenvalue weighted by Crippen LogP contribution is -2.51. The van der Waals surface area contributed by atoms with Gasteiger partial charge >= 0.3 is 0 Å². The number of halogens is 3. The zero-order chi connectivity index (χ0) is 19.0. The molecule has 1 aromatic rings. The van der Waals surface area contributed by atoms with Crippen LogP contribution < -0.4 is 5.32 Å². The van der Waals surface area contributed by atoms with Gasteiger partial charge in [-0.2, -0.15) is 0 Å². The Balaban J connectivity index is 0.00000225. The summed E-state index contributed by atoms with van der Waals surface area (Å²) in [4.78, 5) is 28.3. The Hall–Kier alpha value is -1.73. The monoisotopic (exact) mass is 413 g/mol. The molecule has 4 rings (SSSR count). The summed E-state index contributed by atoms with van der Waals surface area (Å²) >= 11 is 0. The molecule has 3 aliphatic heterocycles. The van der Waals surface area contributed by atoms with E-state index in [0.29, 0.717) is 50.6 Å². The van der Waals surface area contributed by atoms with Gasteiger partial charge in [-0.25, -0.2) is 8.78 Å². The standard InChI is InChI=1S/C20H25F2N3O2.ClH/c21-16-2-1-3-17(22)19(16)20(27)25-8-6-24(7-9-25)18(26)12-13-10-14-4-5-15(11-13)23-14;/h1-3,13-15,23H,4-12H2;1H. The van der Waals surface area contributed by atoms with Crippen LogP contribution in [-0.2, 0) is 4.79 Å². The highest BCUT2D eigenvalue weighted by atomic mass is 35.5. The summed E-state index contributed by atoms with van der Waals surface area (Å²) in [6, 6.07) is 4.54. The Bertz CT molecular complexity index is 708.